The maximum Gasteiger partial charge on any atom is 0.224 e. The summed E-state index contributed by atoms with van der Waals surface area (Å²) in [4.78, 5) is 47.4. The molecule has 40 heavy (non-hydrogen) atoms. The number of anilines is 1. The van der Waals surface area contributed by atoms with E-state index in [1.54, 1.807) is 37.9 Å². The number of nitrogens with one attached hydrogen (secondary N) is 3. The second-order valence-electron chi connectivity index (χ2n) is 10.8. The number of Topliss-reactive ketones (excluding diaryl/α,β-unsaturated/α-hetero) is 1. The zero-order valence-corrected chi connectivity index (χ0v) is 23.2. The molecule has 1 amide bonds. The lowest BCUT2D eigenvalue weighted by Crippen LogP contribution is -2.19. The molecule has 0 fully saturated rings. The summed E-state index contributed by atoms with van der Waals surface area (Å²) < 4.78 is 0. The molecule has 0 aliphatic carbocycles. The van der Waals surface area contributed by atoms with Crippen molar-refractivity contribution in [1.82, 2.24) is 35.1 Å². The van der Waals surface area contributed by atoms with Gasteiger partial charge in [-0.2, -0.15) is 5.10 Å². The van der Waals surface area contributed by atoms with Crippen LogP contribution in [0.4, 0.5) is 5.69 Å². The normalized spacial score (nSPS) is 11.8. The van der Waals surface area contributed by atoms with E-state index in [0.717, 1.165) is 37.9 Å². The van der Waals surface area contributed by atoms with E-state index >= 15 is 0 Å². The quantitative estimate of drug-likeness (QED) is 0.208. The minimum Gasteiger partial charge on any atom is -0.335 e. The predicted molar refractivity (Wildman–Crippen MR) is 156 cm³/mol. The number of aromatic nitrogens is 7. The Hall–Kier alpha value is -4.77. The minimum atomic E-state index is -0.117. The molecule has 0 saturated carbocycles. The SMILES string of the molecule is CC(=O)c1ccc(-c2cncc3[nH]c(-c4n[nH]c5cnc(-c6cncc(NC(=O)CC(C)(C)C)c6)cc45)nc23)s1. The van der Waals surface area contributed by atoms with E-state index in [1.165, 1.54) is 11.3 Å². The van der Waals surface area contributed by atoms with Crippen LogP contribution in [0.5, 0.6) is 0 Å². The van der Waals surface area contributed by atoms with Crippen LogP contribution in [0.15, 0.2) is 55.2 Å². The number of carbonyl (C=O) groups excluding carboxylic acids is 2. The molecule has 0 spiro atoms. The zero-order valence-electron chi connectivity index (χ0n) is 22.4. The van der Waals surface area contributed by atoms with E-state index in [2.05, 4.69) is 35.5 Å². The molecule has 0 aromatic carbocycles. The average Bonchev–Trinajstić information content (AvgIpc) is 3.65. The van der Waals surface area contributed by atoms with E-state index in [1.807, 2.05) is 45.0 Å². The Morgan fingerprint density at radius 3 is 2.60 bits per heavy atom. The molecule has 11 heteroatoms. The van der Waals surface area contributed by atoms with Crippen molar-refractivity contribution >= 4 is 50.7 Å². The lowest BCUT2D eigenvalue weighted by Gasteiger charge is -2.17. The molecule has 6 rings (SSSR count). The van der Waals surface area contributed by atoms with Crippen molar-refractivity contribution in [1.29, 1.82) is 0 Å². The summed E-state index contributed by atoms with van der Waals surface area (Å²) in [6, 6.07) is 7.53. The van der Waals surface area contributed by atoms with Crippen LogP contribution >= 0.6 is 11.3 Å². The van der Waals surface area contributed by atoms with Crippen molar-refractivity contribution in [3.05, 3.63) is 60.1 Å². The van der Waals surface area contributed by atoms with Crippen LogP contribution in [-0.4, -0.2) is 46.8 Å². The number of rotatable bonds is 6. The Labute approximate surface area is 233 Å². The van der Waals surface area contributed by atoms with Gasteiger partial charge in [0, 0.05) is 40.2 Å². The molecule has 200 valence electrons. The molecule has 0 unspecified atom stereocenters. The average molecular weight is 551 g/mol. The second kappa shape index (κ2) is 9.76. The second-order valence-corrected chi connectivity index (χ2v) is 11.9. The molecule has 0 bridgehead atoms. The van der Waals surface area contributed by atoms with Crippen molar-refractivity contribution < 1.29 is 9.59 Å². The summed E-state index contributed by atoms with van der Waals surface area (Å²) in [6.45, 7) is 7.63. The number of fused-ring (bicyclic) bond motifs is 2. The number of aromatic amines is 2. The number of imidazole rings is 1. The number of hydrogen-bond acceptors (Lipinski definition) is 8. The number of amides is 1. The van der Waals surface area contributed by atoms with Gasteiger partial charge < -0.3 is 10.3 Å². The number of H-pyrrole nitrogens is 2. The highest BCUT2D eigenvalue weighted by atomic mass is 32.1. The summed E-state index contributed by atoms with van der Waals surface area (Å²) in [5, 5.41) is 11.3. The van der Waals surface area contributed by atoms with Gasteiger partial charge in [0.25, 0.3) is 0 Å². The molecule has 6 aromatic rings. The molecule has 6 heterocycles. The first kappa shape index (κ1) is 25.5. The number of thiophene rings is 1. The lowest BCUT2D eigenvalue weighted by atomic mass is 9.92. The molecule has 10 nitrogen and oxygen atoms in total. The summed E-state index contributed by atoms with van der Waals surface area (Å²) in [5.74, 6) is 0.544. The summed E-state index contributed by atoms with van der Waals surface area (Å²) in [7, 11) is 0. The molecular weight excluding hydrogens is 524 g/mol. The third kappa shape index (κ3) is 4.98. The number of pyridine rings is 3. The van der Waals surface area contributed by atoms with E-state index in [4.69, 9.17) is 4.98 Å². The summed E-state index contributed by atoms with van der Waals surface area (Å²) in [6.07, 6.45) is 8.94. The highest BCUT2D eigenvalue weighted by Gasteiger charge is 2.19. The highest BCUT2D eigenvalue weighted by Crippen LogP contribution is 2.35. The van der Waals surface area contributed by atoms with Gasteiger partial charge in [0.2, 0.25) is 5.91 Å². The first-order chi connectivity index (χ1) is 19.1. The monoisotopic (exact) mass is 550 g/mol. The van der Waals surface area contributed by atoms with Gasteiger partial charge in [0.05, 0.1) is 45.9 Å². The Balaban J connectivity index is 1.36. The van der Waals surface area contributed by atoms with E-state index in [0.29, 0.717) is 34.2 Å². The van der Waals surface area contributed by atoms with Crippen LogP contribution < -0.4 is 5.32 Å². The topological polar surface area (TPSA) is 142 Å². The molecule has 0 aliphatic heterocycles. The van der Waals surface area contributed by atoms with E-state index in [9.17, 15) is 9.59 Å². The highest BCUT2D eigenvalue weighted by molar-refractivity contribution is 7.17. The number of hydrogen-bond donors (Lipinski definition) is 3. The number of nitrogens with zero attached hydrogens (tertiary/aromatic N) is 5. The van der Waals surface area contributed by atoms with Crippen LogP contribution in [0.2, 0.25) is 0 Å². The first-order valence-electron chi connectivity index (χ1n) is 12.7. The van der Waals surface area contributed by atoms with Gasteiger partial charge in [-0.1, -0.05) is 20.8 Å². The number of ketones is 1. The fraction of sp³-hybridized carbons (Fsp3) is 0.207. The Kier molecular flexibility index (Phi) is 6.22. The van der Waals surface area contributed by atoms with Crippen LogP contribution in [-0.2, 0) is 4.79 Å². The summed E-state index contributed by atoms with van der Waals surface area (Å²) in [5.41, 5.74) is 5.68. The van der Waals surface area contributed by atoms with Crippen LogP contribution in [0.1, 0.15) is 43.8 Å². The maximum atomic E-state index is 12.4. The van der Waals surface area contributed by atoms with Crippen LogP contribution in [0.3, 0.4) is 0 Å². The van der Waals surface area contributed by atoms with Crippen molar-refractivity contribution in [3.8, 4) is 33.2 Å². The zero-order chi connectivity index (χ0) is 28.0. The van der Waals surface area contributed by atoms with Crippen molar-refractivity contribution in [2.24, 2.45) is 5.41 Å². The first-order valence-corrected chi connectivity index (χ1v) is 13.5. The van der Waals surface area contributed by atoms with Gasteiger partial charge in [-0.05, 0) is 36.6 Å². The maximum absolute atomic E-state index is 12.4. The molecule has 0 aliphatic rings. The van der Waals surface area contributed by atoms with Gasteiger partial charge in [-0.15, -0.1) is 11.3 Å². The van der Waals surface area contributed by atoms with Crippen LogP contribution in [0, 0.1) is 5.41 Å². The Morgan fingerprint density at radius 2 is 1.82 bits per heavy atom. The van der Waals surface area contributed by atoms with Crippen molar-refractivity contribution in [2.45, 2.75) is 34.1 Å². The molecule has 3 N–H and O–H groups in total. The third-order valence-corrected chi connectivity index (χ3v) is 7.51. The smallest absolute Gasteiger partial charge is 0.224 e. The van der Waals surface area contributed by atoms with Crippen molar-refractivity contribution in [3.63, 3.8) is 0 Å². The Morgan fingerprint density at radius 1 is 1.00 bits per heavy atom. The molecular formula is C29H26N8O2S. The van der Waals surface area contributed by atoms with Gasteiger partial charge in [0.1, 0.15) is 11.2 Å². The van der Waals surface area contributed by atoms with Gasteiger partial charge in [-0.3, -0.25) is 29.6 Å². The van der Waals surface area contributed by atoms with Gasteiger partial charge in [-0.25, -0.2) is 4.98 Å². The minimum absolute atomic E-state index is 0.0273. The lowest BCUT2D eigenvalue weighted by molar-refractivity contribution is -0.117. The largest absolute Gasteiger partial charge is 0.335 e. The predicted octanol–water partition coefficient (Wildman–Crippen LogP) is 6.26. The fourth-order valence-corrected chi connectivity index (χ4v) is 5.40. The van der Waals surface area contributed by atoms with Crippen molar-refractivity contribution in [2.75, 3.05) is 5.32 Å². The molecule has 0 radical (unpaired) electrons. The van der Waals surface area contributed by atoms with E-state index < -0.39 is 0 Å². The summed E-state index contributed by atoms with van der Waals surface area (Å²) >= 11 is 1.42. The number of carbonyl (C=O) groups is 2. The van der Waals surface area contributed by atoms with Gasteiger partial charge >= 0.3 is 0 Å². The van der Waals surface area contributed by atoms with E-state index in [-0.39, 0.29) is 17.1 Å². The fourth-order valence-electron chi connectivity index (χ4n) is 4.49. The Bertz CT molecular complexity index is 1910. The molecule has 0 saturated heterocycles. The standard InChI is InChI=1S/C29H26N8O2S/c1-15(38)23-5-6-24(40-23)19-12-31-13-22-26(19)35-28(34-22)27-18-8-20(32-14-21(18)36-37-27)16-7-17(11-30-10-16)33-25(39)9-29(2,3)4/h5-8,10-14H,9H2,1-4H3,(H,33,39)(H,34,35)(H,36,37). The van der Waals surface area contributed by atoms with Gasteiger partial charge in [0.15, 0.2) is 11.6 Å². The molecule has 0 atom stereocenters. The van der Waals surface area contributed by atoms with Crippen LogP contribution in [0.25, 0.3) is 55.2 Å². The third-order valence-electron chi connectivity index (χ3n) is 6.29. The molecule has 6 aromatic heterocycles.